The van der Waals surface area contributed by atoms with Gasteiger partial charge in [0.1, 0.15) is 0 Å². The van der Waals surface area contributed by atoms with Crippen LogP contribution in [0, 0.1) is 5.92 Å². The van der Waals surface area contributed by atoms with Crippen LogP contribution in [0.2, 0.25) is 0 Å². The van der Waals surface area contributed by atoms with Crippen molar-refractivity contribution in [1.29, 1.82) is 0 Å². The number of aromatic nitrogens is 1. The molecule has 1 fully saturated rings. The standard InChI is InChI=1S/C11H16N2O/c12-11(9-4-3-7-14-8-9)10-5-1-2-6-13-10/h1-2,5-6,9,11H,3-4,7-8,12H2. The first kappa shape index (κ1) is 9.62. The minimum absolute atomic E-state index is 0.0245. The maximum atomic E-state index is 6.13. The summed E-state index contributed by atoms with van der Waals surface area (Å²) >= 11 is 0. The summed E-state index contributed by atoms with van der Waals surface area (Å²) in [5.41, 5.74) is 7.10. The van der Waals surface area contributed by atoms with Crippen LogP contribution in [0.3, 0.4) is 0 Å². The van der Waals surface area contributed by atoms with Crippen molar-refractivity contribution in [1.82, 2.24) is 4.98 Å². The van der Waals surface area contributed by atoms with Gasteiger partial charge in [0.25, 0.3) is 0 Å². The maximum Gasteiger partial charge on any atom is 0.0574 e. The third kappa shape index (κ3) is 2.11. The summed E-state index contributed by atoms with van der Waals surface area (Å²) in [6.45, 7) is 1.66. The predicted octanol–water partition coefficient (Wildman–Crippen LogP) is 1.51. The van der Waals surface area contributed by atoms with E-state index in [-0.39, 0.29) is 6.04 Å². The lowest BCUT2D eigenvalue weighted by Gasteiger charge is -2.27. The van der Waals surface area contributed by atoms with Gasteiger partial charge in [-0.05, 0) is 25.0 Å². The molecule has 1 aromatic rings. The topological polar surface area (TPSA) is 48.1 Å². The van der Waals surface area contributed by atoms with Gasteiger partial charge in [-0.25, -0.2) is 0 Å². The molecule has 0 radical (unpaired) electrons. The number of nitrogens with two attached hydrogens (primary N) is 1. The van der Waals surface area contributed by atoms with Gasteiger partial charge < -0.3 is 10.5 Å². The van der Waals surface area contributed by atoms with E-state index in [2.05, 4.69) is 4.98 Å². The van der Waals surface area contributed by atoms with Crippen LogP contribution >= 0.6 is 0 Å². The molecule has 0 spiro atoms. The highest BCUT2D eigenvalue weighted by Gasteiger charge is 2.22. The van der Waals surface area contributed by atoms with E-state index in [9.17, 15) is 0 Å². The van der Waals surface area contributed by atoms with Gasteiger partial charge in [-0.3, -0.25) is 4.98 Å². The smallest absolute Gasteiger partial charge is 0.0574 e. The van der Waals surface area contributed by atoms with Crippen molar-refractivity contribution < 1.29 is 4.74 Å². The Kier molecular flexibility index (Phi) is 3.11. The summed E-state index contributed by atoms with van der Waals surface area (Å²) in [7, 11) is 0. The highest BCUT2D eigenvalue weighted by molar-refractivity contribution is 5.09. The Morgan fingerprint density at radius 2 is 2.43 bits per heavy atom. The van der Waals surface area contributed by atoms with Crippen LogP contribution in [0.15, 0.2) is 24.4 Å². The summed E-state index contributed by atoms with van der Waals surface area (Å²) in [4.78, 5) is 4.27. The van der Waals surface area contributed by atoms with Crippen LogP contribution in [0.4, 0.5) is 0 Å². The molecule has 1 aliphatic heterocycles. The van der Waals surface area contributed by atoms with Gasteiger partial charge in [-0.15, -0.1) is 0 Å². The highest BCUT2D eigenvalue weighted by Crippen LogP contribution is 2.25. The third-order valence-electron chi connectivity index (χ3n) is 2.73. The van der Waals surface area contributed by atoms with E-state index in [1.165, 1.54) is 0 Å². The molecule has 1 aromatic heterocycles. The van der Waals surface area contributed by atoms with Crippen LogP contribution in [-0.2, 0) is 4.74 Å². The molecule has 0 amide bonds. The minimum Gasteiger partial charge on any atom is -0.381 e. The summed E-state index contributed by atoms with van der Waals surface area (Å²) in [6, 6.07) is 5.90. The van der Waals surface area contributed by atoms with Gasteiger partial charge in [0.15, 0.2) is 0 Å². The molecule has 1 saturated heterocycles. The quantitative estimate of drug-likeness (QED) is 0.772. The van der Waals surface area contributed by atoms with Crippen LogP contribution < -0.4 is 5.73 Å². The molecule has 2 unspecified atom stereocenters. The van der Waals surface area contributed by atoms with Gasteiger partial charge in [0.2, 0.25) is 0 Å². The fraction of sp³-hybridized carbons (Fsp3) is 0.545. The lowest BCUT2D eigenvalue weighted by atomic mass is 9.92. The van der Waals surface area contributed by atoms with Gasteiger partial charge in [-0.1, -0.05) is 6.07 Å². The Labute approximate surface area is 84.3 Å². The molecule has 3 nitrogen and oxygen atoms in total. The molecule has 14 heavy (non-hydrogen) atoms. The molecule has 0 aliphatic carbocycles. The van der Waals surface area contributed by atoms with Crippen molar-refractivity contribution in [3.8, 4) is 0 Å². The lowest BCUT2D eigenvalue weighted by Crippen LogP contribution is -2.29. The molecule has 1 aliphatic rings. The van der Waals surface area contributed by atoms with E-state index < -0.39 is 0 Å². The first-order valence-corrected chi connectivity index (χ1v) is 5.12. The molecular formula is C11H16N2O. The Hall–Kier alpha value is -0.930. The first-order chi connectivity index (χ1) is 6.88. The first-order valence-electron chi connectivity index (χ1n) is 5.12. The molecule has 0 aromatic carbocycles. The zero-order valence-corrected chi connectivity index (χ0v) is 8.23. The van der Waals surface area contributed by atoms with Gasteiger partial charge in [-0.2, -0.15) is 0 Å². The van der Waals surface area contributed by atoms with Crippen molar-refractivity contribution in [2.24, 2.45) is 11.7 Å². The SMILES string of the molecule is NC(c1ccccn1)C1CCCOC1. The lowest BCUT2D eigenvalue weighted by molar-refractivity contribution is 0.0442. The number of ether oxygens (including phenoxy) is 1. The van der Waals surface area contributed by atoms with Crippen molar-refractivity contribution in [3.63, 3.8) is 0 Å². The fourth-order valence-electron chi connectivity index (χ4n) is 1.86. The number of hydrogen-bond donors (Lipinski definition) is 1. The molecule has 76 valence electrons. The van der Waals surface area contributed by atoms with Gasteiger partial charge in [0.05, 0.1) is 18.3 Å². The molecular weight excluding hydrogens is 176 g/mol. The highest BCUT2D eigenvalue weighted by atomic mass is 16.5. The summed E-state index contributed by atoms with van der Waals surface area (Å²) in [5, 5.41) is 0. The van der Waals surface area contributed by atoms with E-state index in [1.54, 1.807) is 6.20 Å². The molecule has 2 N–H and O–H groups in total. The minimum atomic E-state index is 0.0245. The fourth-order valence-corrected chi connectivity index (χ4v) is 1.86. The van der Waals surface area contributed by atoms with Crippen LogP contribution in [0.25, 0.3) is 0 Å². The number of nitrogens with zero attached hydrogens (tertiary/aromatic N) is 1. The summed E-state index contributed by atoms with van der Waals surface area (Å²) in [6.07, 6.45) is 4.06. The Balaban J connectivity index is 2.03. The molecule has 2 atom stereocenters. The van der Waals surface area contributed by atoms with Crippen LogP contribution in [-0.4, -0.2) is 18.2 Å². The van der Waals surface area contributed by atoms with Gasteiger partial charge in [0, 0.05) is 18.7 Å². The molecule has 0 saturated carbocycles. The monoisotopic (exact) mass is 192 g/mol. The van der Waals surface area contributed by atoms with E-state index in [1.807, 2.05) is 18.2 Å². The molecule has 3 heteroatoms. The summed E-state index contributed by atoms with van der Waals surface area (Å²) in [5.74, 6) is 0.429. The zero-order valence-electron chi connectivity index (χ0n) is 8.23. The maximum absolute atomic E-state index is 6.13. The van der Waals surface area contributed by atoms with E-state index in [0.717, 1.165) is 31.7 Å². The van der Waals surface area contributed by atoms with Crippen LogP contribution in [0.5, 0.6) is 0 Å². The average Bonchev–Trinajstić information content (AvgIpc) is 2.30. The second-order valence-corrected chi connectivity index (χ2v) is 3.76. The average molecular weight is 192 g/mol. The largest absolute Gasteiger partial charge is 0.381 e. The van der Waals surface area contributed by atoms with E-state index >= 15 is 0 Å². The second-order valence-electron chi connectivity index (χ2n) is 3.76. The van der Waals surface area contributed by atoms with E-state index in [0.29, 0.717) is 5.92 Å². The number of rotatable bonds is 2. The second kappa shape index (κ2) is 4.53. The molecule has 2 rings (SSSR count). The summed E-state index contributed by atoms with van der Waals surface area (Å²) < 4.78 is 5.42. The number of pyridine rings is 1. The Morgan fingerprint density at radius 3 is 3.07 bits per heavy atom. The molecule has 2 heterocycles. The zero-order chi connectivity index (χ0) is 9.80. The Bertz CT molecular complexity index is 270. The van der Waals surface area contributed by atoms with Crippen molar-refractivity contribution in [3.05, 3.63) is 30.1 Å². The van der Waals surface area contributed by atoms with Crippen LogP contribution in [0.1, 0.15) is 24.6 Å². The normalized spacial score (nSPS) is 24.5. The van der Waals surface area contributed by atoms with Crippen molar-refractivity contribution in [2.45, 2.75) is 18.9 Å². The van der Waals surface area contributed by atoms with E-state index in [4.69, 9.17) is 10.5 Å². The van der Waals surface area contributed by atoms with Crippen molar-refractivity contribution in [2.75, 3.05) is 13.2 Å². The number of hydrogen-bond acceptors (Lipinski definition) is 3. The molecule has 0 bridgehead atoms. The third-order valence-corrected chi connectivity index (χ3v) is 2.73. The predicted molar refractivity (Wildman–Crippen MR) is 54.7 cm³/mol. The van der Waals surface area contributed by atoms with Gasteiger partial charge >= 0.3 is 0 Å². The van der Waals surface area contributed by atoms with Crippen molar-refractivity contribution >= 4 is 0 Å². The Morgan fingerprint density at radius 1 is 1.50 bits per heavy atom.